The number of hydrogen-bond donors (Lipinski definition) is 0. The Morgan fingerprint density at radius 1 is 0.826 bits per heavy atom. The summed E-state index contributed by atoms with van der Waals surface area (Å²) in [6, 6.07) is 0. The number of carbonyl (C=O) groups is 2. The Bertz CT molecular complexity index is 573. The maximum absolute atomic E-state index is 12.4. The van der Waals surface area contributed by atoms with E-state index in [1.54, 1.807) is 0 Å². The first-order valence-corrected chi connectivity index (χ1v) is 8.13. The highest BCUT2D eigenvalue weighted by Crippen LogP contribution is 2.26. The van der Waals surface area contributed by atoms with Crippen LogP contribution in [0.25, 0.3) is 0 Å². The Labute approximate surface area is 139 Å². The van der Waals surface area contributed by atoms with E-state index in [0.717, 1.165) is 28.7 Å². The summed E-state index contributed by atoms with van der Waals surface area (Å²) in [6.07, 6.45) is 0.735. The van der Waals surface area contributed by atoms with E-state index in [1.807, 2.05) is 41.5 Å². The molecule has 0 aliphatic carbocycles. The molecule has 23 heavy (non-hydrogen) atoms. The van der Waals surface area contributed by atoms with Crippen LogP contribution in [0.3, 0.4) is 0 Å². The lowest BCUT2D eigenvalue weighted by Crippen LogP contribution is -2.19. The number of ether oxygens (including phenoxy) is 2. The first kappa shape index (κ1) is 19.2. The Hall–Kier alpha value is -1.84. The van der Waals surface area contributed by atoms with Gasteiger partial charge in [-0.1, -0.05) is 13.8 Å². The molecule has 1 aromatic rings. The third-order valence-electron chi connectivity index (χ3n) is 4.78. The minimum absolute atomic E-state index is 0.0753. The van der Waals surface area contributed by atoms with Crippen LogP contribution in [-0.4, -0.2) is 25.2 Å². The van der Waals surface area contributed by atoms with E-state index in [-0.39, 0.29) is 31.1 Å². The second kappa shape index (κ2) is 8.14. The molecule has 0 bridgehead atoms. The van der Waals surface area contributed by atoms with Crippen LogP contribution in [-0.2, 0) is 14.3 Å². The van der Waals surface area contributed by atoms with Gasteiger partial charge in [-0.2, -0.15) is 0 Å². The molecule has 4 nitrogen and oxygen atoms in total. The molecule has 0 heterocycles. The summed E-state index contributed by atoms with van der Waals surface area (Å²) in [5, 5.41) is 0. The number of rotatable bonds is 6. The van der Waals surface area contributed by atoms with Gasteiger partial charge in [0.1, 0.15) is 13.2 Å². The predicted octanol–water partition coefficient (Wildman–Crippen LogP) is 3.97. The Morgan fingerprint density at radius 3 is 1.74 bits per heavy atom. The zero-order chi connectivity index (χ0) is 17.7. The molecule has 0 aliphatic rings. The molecule has 0 saturated carbocycles. The first-order chi connectivity index (χ1) is 10.7. The highest BCUT2D eigenvalue weighted by atomic mass is 16.6. The van der Waals surface area contributed by atoms with Gasteiger partial charge in [0, 0.05) is 0 Å². The van der Waals surface area contributed by atoms with Crippen molar-refractivity contribution in [2.24, 2.45) is 5.92 Å². The van der Waals surface area contributed by atoms with Crippen LogP contribution < -0.4 is 0 Å². The molecule has 4 heteroatoms. The van der Waals surface area contributed by atoms with Gasteiger partial charge in [0.2, 0.25) is 0 Å². The third-order valence-corrected chi connectivity index (χ3v) is 4.78. The van der Waals surface area contributed by atoms with Crippen molar-refractivity contribution in [3.05, 3.63) is 33.4 Å². The normalized spacial score (nSPS) is 12.0. The Kier molecular flexibility index (Phi) is 6.79. The number of esters is 2. The van der Waals surface area contributed by atoms with Crippen LogP contribution in [0.2, 0.25) is 0 Å². The third kappa shape index (κ3) is 4.34. The quantitative estimate of drug-likeness (QED) is 0.588. The average Bonchev–Trinajstić information content (AvgIpc) is 2.54. The highest BCUT2D eigenvalue weighted by molar-refractivity contribution is 5.93. The number of benzene rings is 1. The van der Waals surface area contributed by atoms with E-state index in [0.29, 0.717) is 5.56 Å². The van der Waals surface area contributed by atoms with Crippen molar-refractivity contribution in [3.63, 3.8) is 0 Å². The van der Waals surface area contributed by atoms with Crippen molar-refractivity contribution < 1.29 is 19.1 Å². The maximum atomic E-state index is 12.4. The highest BCUT2D eigenvalue weighted by Gasteiger charge is 2.19. The van der Waals surface area contributed by atoms with Gasteiger partial charge in [-0.05, 0) is 68.9 Å². The summed E-state index contributed by atoms with van der Waals surface area (Å²) in [6.45, 7) is 13.9. The van der Waals surface area contributed by atoms with Gasteiger partial charge in [0.05, 0.1) is 11.5 Å². The van der Waals surface area contributed by atoms with Gasteiger partial charge in [-0.3, -0.25) is 4.79 Å². The molecular formula is C19H28O4. The van der Waals surface area contributed by atoms with Crippen molar-refractivity contribution in [2.45, 2.75) is 54.9 Å². The van der Waals surface area contributed by atoms with Crippen LogP contribution in [0, 0.1) is 40.5 Å². The summed E-state index contributed by atoms with van der Waals surface area (Å²) < 4.78 is 10.4. The largest absolute Gasteiger partial charge is 0.462 e. The van der Waals surface area contributed by atoms with Crippen LogP contribution in [0.15, 0.2) is 0 Å². The predicted molar refractivity (Wildman–Crippen MR) is 90.8 cm³/mol. The van der Waals surface area contributed by atoms with E-state index in [1.165, 1.54) is 5.56 Å². The second-order valence-electron chi connectivity index (χ2n) is 6.11. The second-order valence-corrected chi connectivity index (χ2v) is 6.11. The van der Waals surface area contributed by atoms with Gasteiger partial charge < -0.3 is 9.47 Å². The summed E-state index contributed by atoms with van der Waals surface area (Å²) in [4.78, 5) is 23.9. The SMILES string of the molecule is CCC(C)C(=O)OCCOC(=O)c1c(C)c(C)c(C)c(C)c1C. The van der Waals surface area contributed by atoms with Crippen molar-refractivity contribution >= 4 is 11.9 Å². The van der Waals surface area contributed by atoms with Crippen LogP contribution in [0.4, 0.5) is 0 Å². The fourth-order valence-corrected chi connectivity index (χ4v) is 2.46. The minimum atomic E-state index is -0.356. The molecule has 0 N–H and O–H groups in total. The summed E-state index contributed by atoms with van der Waals surface area (Å²) in [5.74, 6) is -0.735. The fraction of sp³-hybridized carbons (Fsp3) is 0.579. The number of hydrogen-bond acceptors (Lipinski definition) is 4. The molecule has 0 amide bonds. The van der Waals surface area contributed by atoms with E-state index >= 15 is 0 Å². The molecule has 0 saturated heterocycles. The molecule has 1 unspecified atom stereocenters. The summed E-state index contributed by atoms with van der Waals surface area (Å²) >= 11 is 0. The monoisotopic (exact) mass is 320 g/mol. The van der Waals surface area contributed by atoms with Crippen molar-refractivity contribution in [2.75, 3.05) is 13.2 Å². The molecule has 0 fully saturated rings. The standard InChI is InChI=1S/C19H28O4/c1-8-11(2)18(20)22-9-10-23-19(21)17-15(6)13(4)12(3)14(5)16(17)7/h11H,8-10H2,1-7H3. The molecular weight excluding hydrogens is 292 g/mol. The maximum Gasteiger partial charge on any atom is 0.338 e. The number of carbonyl (C=O) groups excluding carboxylic acids is 2. The van der Waals surface area contributed by atoms with Crippen molar-refractivity contribution in [3.8, 4) is 0 Å². The Balaban J connectivity index is 2.72. The molecule has 0 aromatic heterocycles. The van der Waals surface area contributed by atoms with Crippen LogP contribution in [0.1, 0.15) is 58.4 Å². The smallest absolute Gasteiger partial charge is 0.338 e. The zero-order valence-electron chi connectivity index (χ0n) is 15.3. The molecule has 1 aromatic carbocycles. The fourth-order valence-electron chi connectivity index (χ4n) is 2.46. The molecule has 0 spiro atoms. The molecule has 0 radical (unpaired) electrons. The molecule has 1 atom stereocenters. The van der Waals surface area contributed by atoms with Gasteiger partial charge in [-0.25, -0.2) is 4.79 Å². The van der Waals surface area contributed by atoms with Crippen LogP contribution in [0.5, 0.6) is 0 Å². The van der Waals surface area contributed by atoms with Gasteiger partial charge in [0.25, 0.3) is 0 Å². The minimum Gasteiger partial charge on any atom is -0.462 e. The van der Waals surface area contributed by atoms with E-state index in [2.05, 4.69) is 6.92 Å². The van der Waals surface area contributed by atoms with Crippen molar-refractivity contribution in [1.82, 2.24) is 0 Å². The first-order valence-electron chi connectivity index (χ1n) is 8.13. The van der Waals surface area contributed by atoms with Gasteiger partial charge in [0.15, 0.2) is 0 Å². The summed E-state index contributed by atoms with van der Waals surface area (Å²) in [7, 11) is 0. The molecule has 128 valence electrons. The lowest BCUT2D eigenvalue weighted by Gasteiger charge is -2.17. The van der Waals surface area contributed by atoms with E-state index in [4.69, 9.17) is 9.47 Å². The lowest BCUT2D eigenvalue weighted by molar-refractivity contribution is -0.149. The summed E-state index contributed by atoms with van der Waals surface area (Å²) in [5.41, 5.74) is 5.96. The average molecular weight is 320 g/mol. The zero-order valence-corrected chi connectivity index (χ0v) is 15.3. The van der Waals surface area contributed by atoms with Gasteiger partial charge >= 0.3 is 11.9 Å². The molecule has 1 rings (SSSR count). The van der Waals surface area contributed by atoms with E-state index in [9.17, 15) is 9.59 Å². The topological polar surface area (TPSA) is 52.6 Å². The van der Waals surface area contributed by atoms with Crippen LogP contribution >= 0.6 is 0 Å². The Morgan fingerprint density at radius 2 is 1.26 bits per heavy atom. The van der Waals surface area contributed by atoms with E-state index < -0.39 is 0 Å². The van der Waals surface area contributed by atoms with Gasteiger partial charge in [-0.15, -0.1) is 0 Å². The lowest BCUT2D eigenvalue weighted by atomic mass is 9.90. The molecule has 0 aliphatic heterocycles. The van der Waals surface area contributed by atoms with Crippen molar-refractivity contribution in [1.29, 1.82) is 0 Å².